The molecule has 0 atom stereocenters. The highest BCUT2D eigenvalue weighted by molar-refractivity contribution is 7.90. The van der Waals surface area contributed by atoms with Gasteiger partial charge in [0.1, 0.15) is 17.2 Å². The van der Waals surface area contributed by atoms with Gasteiger partial charge in [0, 0.05) is 42.9 Å². The molecule has 3 aromatic heterocycles. The number of aromatic nitrogens is 4. The third-order valence-corrected chi connectivity index (χ3v) is 7.38. The highest BCUT2D eigenvalue weighted by Gasteiger charge is 2.22. The molecule has 4 aromatic rings. The molecule has 1 aliphatic heterocycles. The number of benzene rings is 1. The highest BCUT2D eigenvalue weighted by atomic mass is 32.2. The number of hydrogen-bond donors (Lipinski definition) is 1. The minimum atomic E-state index is -3.57. The molecule has 0 bridgehead atoms. The Morgan fingerprint density at radius 1 is 1.08 bits per heavy atom. The smallest absolute Gasteiger partial charge is 0.269 e. The maximum absolute atomic E-state index is 12.8. The first kappa shape index (κ1) is 24.3. The average molecular weight is 512 g/mol. The predicted molar refractivity (Wildman–Crippen MR) is 144 cm³/mol. The highest BCUT2D eigenvalue weighted by Crippen LogP contribution is 2.38. The molecule has 10 heteroatoms. The SMILES string of the molecule is [C-]#[N+]c1cccc(Cc2cc(Nc3ccc(-c4ncc(C)n4C)cc3S(C)(=O)=O)c3c(n2)CC(C)=N3)n1. The normalized spacial score (nSPS) is 12.7. The molecule has 0 saturated carbocycles. The van der Waals surface area contributed by atoms with Gasteiger partial charge in [0.05, 0.1) is 34.1 Å². The summed E-state index contributed by atoms with van der Waals surface area (Å²) in [5, 5.41) is 3.32. The molecule has 9 nitrogen and oxygen atoms in total. The van der Waals surface area contributed by atoms with Crippen LogP contribution in [0.25, 0.3) is 16.2 Å². The summed E-state index contributed by atoms with van der Waals surface area (Å²) in [6.07, 6.45) is 4.00. The molecule has 1 N–H and O–H groups in total. The molecule has 0 radical (unpaired) electrons. The molecule has 0 fully saturated rings. The van der Waals surface area contributed by atoms with Crippen LogP contribution in [0.3, 0.4) is 0 Å². The van der Waals surface area contributed by atoms with Gasteiger partial charge in [-0.15, -0.1) is 4.98 Å². The Hall–Kier alpha value is -4.36. The van der Waals surface area contributed by atoms with Gasteiger partial charge in [-0.05, 0) is 50.2 Å². The molecule has 1 aromatic carbocycles. The number of sulfone groups is 1. The van der Waals surface area contributed by atoms with Crippen molar-refractivity contribution in [1.29, 1.82) is 0 Å². The van der Waals surface area contributed by atoms with Gasteiger partial charge in [-0.25, -0.2) is 13.4 Å². The molecule has 0 amide bonds. The molecule has 0 unspecified atom stereocenters. The summed E-state index contributed by atoms with van der Waals surface area (Å²) >= 11 is 0. The number of anilines is 2. The van der Waals surface area contributed by atoms with Crippen molar-refractivity contribution >= 4 is 38.4 Å². The van der Waals surface area contributed by atoms with Crippen LogP contribution in [0.4, 0.5) is 22.9 Å². The van der Waals surface area contributed by atoms with Crippen molar-refractivity contribution in [2.75, 3.05) is 11.6 Å². The molecule has 4 heterocycles. The van der Waals surface area contributed by atoms with Crippen LogP contribution in [0.2, 0.25) is 0 Å². The van der Waals surface area contributed by atoms with Crippen LogP contribution in [-0.2, 0) is 29.7 Å². The van der Waals surface area contributed by atoms with E-state index >= 15 is 0 Å². The lowest BCUT2D eigenvalue weighted by Crippen LogP contribution is -2.06. The Morgan fingerprint density at radius 3 is 2.59 bits per heavy atom. The first-order valence-electron chi connectivity index (χ1n) is 11.6. The summed E-state index contributed by atoms with van der Waals surface area (Å²) in [4.78, 5) is 21.8. The van der Waals surface area contributed by atoms with Gasteiger partial charge in [-0.3, -0.25) is 9.98 Å². The zero-order valence-corrected chi connectivity index (χ0v) is 21.8. The van der Waals surface area contributed by atoms with E-state index in [9.17, 15) is 8.42 Å². The van der Waals surface area contributed by atoms with Crippen molar-refractivity contribution in [3.8, 4) is 11.4 Å². The molecule has 186 valence electrons. The fourth-order valence-corrected chi connectivity index (χ4v) is 5.21. The van der Waals surface area contributed by atoms with Crippen LogP contribution in [0.15, 0.2) is 58.5 Å². The molecule has 0 saturated heterocycles. The topological polar surface area (TPSA) is 106 Å². The number of nitrogens with zero attached hydrogens (tertiary/aromatic N) is 6. The van der Waals surface area contributed by atoms with E-state index in [4.69, 9.17) is 11.6 Å². The van der Waals surface area contributed by atoms with Crippen molar-refractivity contribution < 1.29 is 8.42 Å². The van der Waals surface area contributed by atoms with E-state index in [1.165, 1.54) is 6.26 Å². The fraction of sp³-hybridized carbons (Fsp3) is 0.222. The molecule has 5 rings (SSSR count). The third-order valence-electron chi connectivity index (χ3n) is 6.24. The van der Waals surface area contributed by atoms with Gasteiger partial charge < -0.3 is 14.7 Å². The summed E-state index contributed by atoms with van der Waals surface area (Å²) in [5.74, 6) is 1.02. The van der Waals surface area contributed by atoms with Crippen molar-refractivity contribution in [3.05, 3.63) is 82.9 Å². The Balaban J connectivity index is 1.57. The van der Waals surface area contributed by atoms with Crippen LogP contribution in [-0.4, -0.2) is 39.9 Å². The lowest BCUT2D eigenvalue weighted by atomic mass is 10.1. The zero-order chi connectivity index (χ0) is 26.3. The van der Waals surface area contributed by atoms with E-state index < -0.39 is 9.84 Å². The Kier molecular flexibility index (Phi) is 6.09. The molecule has 0 aliphatic carbocycles. The average Bonchev–Trinajstić information content (AvgIpc) is 3.40. The van der Waals surface area contributed by atoms with Crippen LogP contribution < -0.4 is 5.32 Å². The molecule has 37 heavy (non-hydrogen) atoms. The van der Waals surface area contributed by atoms with Gasteiger partial charge in [-0.1, -0.05) is 12.6 Å². The molecule has 0 spiro atoms. The van der Waals surface area contributed by atoms with E-state index in [0.717, 1.165) is 28.5 Å². The number of aryl methyl sites for hydroxylation is 1. The standard InChI is InChI=1S/C27H25N7O2S/c1-16-11-22-26(30-16)23(14-20(31-22)13-19-7-6-8-25(28-3)32-19)33-21-10-9-18(12-24(21)37(5,35)36)27-29-15-17(2)34(27)4/h6-10,12,14-15H,11,13H2,1-2,4-5H3,(H,31,33). The number of pyridine rings is 2. The van der Waals surface area contributed by atoms with Crippen molar-refractivity contribution in [2.24, 2.45) is 12.0 Å². The van der Waals surface area contributed by atoms with E-state index in [1.54, 1.807) is 30.5 Å². The van der Waals surface area contributed by atoms with Crippen molar-refractivity contribution in [3.63, 3.8) is 0 Å². The number of rotatable bonds is 6. The first-order chi connectivity index (χ1) is 17.6. The zero-order valence-electron chi connectivity index (χ0n) is 20.9. The van der Waals surface area contributed by atoms with Gasteiger partial charge in [0.2, 0.25) is 0 Å². The molecular weight excluding hydrogens is 486 g/mol. The Bertz CT molecular complexity index is 1730. The van der Waals surface area contributed by atoms with E-state index in [2.05, 4.69) is 25.1 Å². The number of imidazole rings is 1. The van der Waals surface area contributed by atoms with Crippen LogP contribution in [0.5, 0.6) is 0 Å². The molecule has 1 aliphatic rings. The predicted octanol–water partition coefficient (Wildman–Crippen LogP) is 5.12. The second-order valence-electron chi connectivity index (χ2n) is 9.15. The van der Waals surface area contributed by atoms with Crippen molar-refractivity contribution in [2.45, 2.75) is 31.6 Å². The van der Waals surface area contributed by atoms with Gasteiger partial charge in [0.15, 0.2) is 9.84 Å². The Morgan fingerprint density at radius 2 is 1.89 bits per heavy atom. The largest absolute Gasteiger partial charge is 0.361 e. The van der Waals surface area contributed by atoms with Crippen LogP contribution in [0, 0.1) is 13.5 Å². The first-order valence-corrected chi connectivity index (χ1v) is 13.5. The Labute approximate surface area is 215 Å². The summed E-state index contributed by atoms with van der Waals surface area (Å²) in [5.41, 5.74) is 6.74. The van der Waals surface area contributed by atoms with Gasteiger partial charge in [-0.2, -0.15) is 0 Å². The summed E-state index contributed by atoms with van der Waals surface area (Å²) in [6, 6.07) is 12.5. The number of hydrogen-bond acceptors (Lipinski definition) is 7. The number of aliphatic imine (C=N–C) groups is 1. The van der Waals surface area contributed by atoms with Gasteiger partial charge in [0.25, 0.3) is 5.82 Å². The molecular formula is C27H25N7O2S. The maximum atomic E-state index is 12.8. The second kappa shape index (κ2) is 9.26. The summed E-state index contributed by atoms with van der Waals surface area (Å²) in [6.45, 7) is 11.1. The van der Waals surface area contributed by atoms with E-state index in [0.29, 0.717) is 47.1 Å². The number of nitrogens with one attached hydrogen (secondary N) is 1. The quantitative estimate of drug-likeness (QED) is 0.360. The van der Waals surface area contributed by atoms with Gasteiger partial charge >= 0.3 is 0 Å². The van der Waals surface area contributed by atoms with Crippen LogP contribution >= 0.6 is 0 Å². The third kappa shape index (κ3) is 4.86. The van der Waals surface area contributed by atoms with Crippen LogP contribution in [0.1, 0.15) is 29.7 Å². The van der Waals surface area contributed by atoms with E-state index in [-0.39, 0.29) is 4.90 Å². The minimum Gasteiger partial charge on any atom is -0.361 e. The summed E-state index contributed by atoms with van der Waals surface area (Å²) in [7, 11) is -1.67. The monoisotopic (exact) mass is 511 g/mol. The summed E-state index contributed by atoms with van der Waals surface area (Å²) < 4.78 is 27.6. The van der Waals surface area contributed by atoms with Crippen molar-refractivity contribution in [1.82, 2.24) is 19.5 Å². The lowest BCUT2D eigenvalue weighted by Gasteiger charge is -2.15. The van der Waals surface area contributed by atoms with E-state index in [1.807, 2.05) is 43.7 Å². The maximum Gasteiger partial charge on any atom is 0.269 e. The fourth-order valence-electron chi connectivity index (χ4n) is 4.35. The second-order valence-corrected chi connectivity index (χ2v) is 11.1. The number of fused-ring (bicyclic) bond motifs is 1. The minimum absolute atomic E-state index is 0.169. The lowest BCUT2D eigenvalue weighted by molar-refractivity contribution is 0.602.